The normalized spacial score (nSPS) is 21.7. The van der Waals surface area contributed by atoms with Crippen molar-refractivity contribution in [1.82, 2.24) is 0 Å². The van der Waals surface area contributed by atoms with E-state index < -0.39 is 0 Å². The third-order valence-corrected chi connectivity index (χ3v) is 9.05. The first kappa shape index (κ1) is 16.3. The summed E-state index contributed by atoms with van der Waals surface area (Å²) in [5, 5.41) is 0. The van der Waals surface area contributed by atoms with E-state index in [1.807, 2.05) is 0 Å². The van der Waals surface area contributed by atoms with Crippen LogP contribution in [0.25, 0.3) is 6.08 Å². The van der Waals surface area contributed by atoms with Crippen LogP contribution in [0.15, 0.2) is 36.4 Å². The monoisotopic (exact) mass is 314 g/mol. The van der Waals surface area contributed by atoms with Gasteiger partial charge in [0.25, 0.3) is 0 Å². The number of allylic oxidation sites excluding steroid dienone is 1. The summed E-state index contributed by atoms with van der Waals surface area (Å²) in [6.45, 7) is 0. The van der Waals surface area contributed by atoms with Crippen LogP contribution in [-0.4, -0.2) is 17.5 Å². The van der Waals surface area contributed by atoms with Crippen LogP contribution in [0.5, 0.6) is 0 Å². The van der Waals surface area contributed by atoms with Crippen molar-refractivity contribution < 1.29 is 0 Å². The molecule has 2 aliphatic rings. The van der Waals surface area contributed by atoms with Crippen molar-refractivity contribution in [2.24, 2.45) is 0 Å². The molecule has 0 bridgehead atoms. The molecule has 2 fully saturated rings. The maximum atomic E-state index is 2.50. The lowest BCUT2D eigenvalue weighted by atomic mass is 9.99. The molecule has 120 valence electrons. The van der Waals surface area contributed by atoms with E-state index in [1.165, 1.54) is 75.9 Å². The minimum atomic E-state index is 0.220. The van der Waals surface area contributed by atoms with Crippen molar-refractivity contribution in [3.8, 4) is 0 Å². The van der Waals surface area contributed by atoms with Crippen LogP contribution >= 0.6 is 7.92 Å². The number of rotatable bonds is 5. The molecule has 1 aromatic carbocycles. The molecule has 3 rings (SSSR count). The van der Waals surface area contributed by atoms with Crippen LogP contribution in [0, 0.1) is 0 Å². The zero-order chi connectivity index (χ0) is 15.0. The molecular formula is C21H31P. The summed E-state index contributed by atoms with van der Waals surface area (Å²) in [6, 6.07) is 10.8. The first-order valence-electron chi connectivity index (χ1n) is 9.41. The maximum absolute atomic E-state index is 2.50. The largest absolute Gasteiger partial charge is 0.0965 e. The van der Waals surface area contributed by atoms with Gasteiger partial charge in [-0.1, -0.05) is 88.9 Å². The van der Waals surface area contributed by atoms with Gasteiger partial charge in [0, 0.05) is 0 Å². The molecule has 2 saturated carbocycles. The molecule has 0 atom stereocenters. The Hall–Kier alpha value is -0.610. The molecule has 2 aliphatic carbocycles. The highest BCUT2D eigenvalue weighted by atomic mass is 31.1. The molecule has 0 aromatic heterocycles. The van der Waals surface area contributed by atoms with Crippen molar-refractivity contribution in [3.63, 3.8) is 0 Å². The van der Waals surface area contributed by atoms with Gasteiger partial charge in [-0.2, -0.15) is 0 Å². The first-order valence-corrected chi connectivity index (χ1v) is 11.1. The molecule has 22 heavy (non-hydrogen) atoms. The Balaban J connectivity index is 1.63. The van der Waals surface area contributed by atoms with Crippen LogP contribution < -0.4 is 0 Å². The predicted molar refractivity (Wildman–Crippen MR) is 101 cm³/mol. The summed E-state index contributed by atoms with van der Waals surface area (Å²) in [4.78, 5) is 0. The molecule has 1 aromatic rings. The van der Waals surface area contributed by atoms with Gasteiger partial charge in [-0.15, -0.1) is 0 Å². The third kappa shape index (κ3) is 4.69. The Morgan fingerprint density at radius 1 is 0.773 bits per heavy atom. The average molecular weight is 314 g/mol. The highest BCUT2D eigenvalue weighted by Gasteiger charge is 2.29. The zero-order valence-corrected chi connectivity index (χ0v) is 14.8. The highest BCUT2D eigenvalue weighted by molar-refractivity contribution is 7.59. The molecule has 0 radical (unpaired) electrons. The van der Waals surface area contributed by atoms with Gasteiger partial charge in [-0.25, -0.2) is 0 Å². The van der Waals surface area contributed by atoms with Gasteiger partial charge in [0.05, 0.1) is 0 Å². The van der Waals surface area contributed by atoms with Crippen molar-refractivity contribution in [3.05, 3.63) is 42.0 Å². The van der Waals surface area contributed by atoms with E-state index in [9.17, 15) is 0 Å². The fourth-order valence-corrected chi connectivity index (χ4v) is 7.89. The molecule has 0 saturated heterocycles. The van der Waals surface area contributed by atoms with Gasteiger partial charge in [-0.05, 0) is 48.7 Å². The summed E-state index contributed by atoms with van der Waals surface area (Å²) in [5.41, 5.74) is 3.52. The Morgan fingerprint density at radius 3 is 1.86 bits per heavy atom. The van der Waals surface area contributed by atoms with Crippen LogP contribution in [0.3, 0.4) is 0 Å². The molecule has 0 heterocycles. The van der Waals surface area contributed by atoms with Gasteiger partial charge >= 0.3 is 0 Å². The zero-order valence-electron chi connectivity index (χ0n) is 13.9. The lowest BCUT2D eigenvalue weighted by molar-refractivity contribution is 0.485. The quantitative estimate of drug-likeness (QED) is 0.521. The van der Waals surface area contributed by atoms with E-state index in [4.69, 9.17) is 0 Å². The van der Waals surface area contributed by atoms with Crippen molar-refractivity contribution in [1.29, 1.82) is 0 Å². The topological polar surface area (TPSA) is 0 Å². The molecule has 0 spiro atoms. The molecular weight excluding hydrogens is 283 g/mol. The Bertz CT molecular complexity index is 420. The predicted octanol–water partition coefficient (Wildman–Crippen LogP) is 6.85. The number of hydrogen-bond donors (Lipinski definition) is 0. The van der Waals surface area contributed by atoms with Crippen molar-refractivity contribution in [2.75, 3.05) is 6.16 Å². The maximum Gasteiger partial charge on any atom is -0.0136 e. The van der Waals surface area contributed by atoms with Crippen molar-refractivity contribution >= 4 is 14.0 Å². The molecule has 0 N–H and O–H groups in total. The Labute approximate surface area is 138 Å². The molecule has 1 heteroatoms. The van der Waals surface area contributed by atoms with E-state index in [-0.39, 0.29) is 7.92 Å². The van der Waals surface area contributed by atoms with E-state index >= 15 is 0 Å². The second-order valence-electron chi connectivity index (χ2n) is 7.09. The lowest BCUT2D eigenvalue weighted by Gasteiger charge is -2.38. The molecule has 0 aliphatic heterocycles. The highest BCUT2D eigenvalue weighted by Crippen LogP contribution is 2.55. The van der Waals surface area contributed by atoms with E-state index in [0.29, 0.717) is 0 Å². The van der Waals surface area contributed by atoms with Crippen LogP contribution in [0.2, 0.25) is 0 Å². The van der Waals surface area contributed by atoms with E-state index in [2.05, 4.69) is 42.5 Å². The van der Waals surface area contributed by atoms with Crippen LogP contribution in [-0.2, 0) is 0 Å². The minimum absolute atomic E-state index is 0.220. The number of benzene rings is 1. The fourth-order valence-electron chi connectivity index (χ4n) is 4.30. The molecule has 0 amide bonds. The summed E-state index contributed by atoms with van der Waals surface area (Å²) in [5.74, 6) is 0. The first-order chi connectivity index (χ1) is 10.9. The smallest absolute Gasteiger partial charge is 0.0136 e. The van der Waals surface area contributed by atoms with E-state index in [1.54, 1.807) is 0 Å². The van der Waals surface area contributed by atoms with Gasteiger partial charge in [0.1, 0.15) is 0 Å². The van der Waals surface area contributed by atoms with Crippen molar-refractivity contribution in [2.45, 2.75) is 75.5 Å². The average Bonchev–Trinajstić information content (AvgIpc) is 2.61. The second kappa shape index (κ2) is 8.88. The Morgan fingerprint density at radius 2 is 1.32 bits per heavy atom. The summed E-state index contributed by atoms with van der Waals surface area (Å²) >= 11 is 0. The third-order valence-electron chi connectivity index (χ3n) is 5.51. The summed E-state index contributed by atoms with van der Waals surface area (Å²) in [6.07, 6.45) is 21.3. The SMILES string of the molecule is C(=Cc1ccccc1)CP(C1CCCCC1)C1CCCCC1. The van der Waals surface area contributed by atoms with Gasteiger partial charge < -0.3 is 0 Å². The minimum Gasteiger partial charge on any atom is -0.0965 e. The number of hydrogen-bond acceptors (Lipinski definition) is 0. The fraction of sp³-hybridized carbons (Fsp3) is 0.619. The van der Waals surface area contributed by atoms with Gasteiger partial charge in [0.2, 0.25) is 0 Å². The summed E-state index contributed by atoms with van der Waals surface area (Å²) < 4.78 is 0. The molecule has 0 unspecified atom stereocenters. The Kier molecular flexibility index (Phi) is 6.56. The standard InChI is InChI=1S/C21H31P/c1-4-11-19(12-5-1)13-10-18-22(20-14-6-2-7-15-20)21-16-8-3-9-17-21/h1,4-5,10-13,20-21H,2-3,6-9,14-18H2. The van der Waals surface area contributed by atoms with E-state index in [0.717, 1.165) is 11.3 Å². The van der Waals surface area contributed by atoms with Gasteiger partial charge in [0.15, 0.2) is 0 Å². The lowest BCUT2D eigenvalue weighted by Crippen LogP contribution is -2.21. The van der Waals surface area contributed by atoms with Crippen LogP contribution in [0.4, 0.5) is 0 Å². The molecule has 0 nitrogen and oxygen atoms in total. The second-order valence-corrected chi connectivity index (χ2v) is 9.95. The van der Waals surface area contributed by atoms with Gasteiger partial charge in [-0.3, -0.25) is 0 Å². The van der Waals surface area contributed by atoms with Crippen LogP contribution in [0.1, 0.15) is 69.8 Å². The summed E-state index contributed by atoms with van der Waals surface area (Å²) in [7, 11) is 0.220.